The van der Waals surface area contributed by atoms with Gasteiger partial charge in [-0.05, 0) is 29.5 Å². The summed E-state index contributed by atoms with van der Waals surface area (Å²) in [6, 6.07) is 6.44. The standard InChI is InChI=1S/C29H51NO4/c1-5-6-7-8-9-10-11-12-13-14-15-16-17-26(32)27(33)25(22-31)30-28(34)23-18-20-24(21-19-23)29(2,3)4/h18-21,25-27,31-33H,5-17,22H2,1-4H3,(H,30,34)/t25-,26+,27-/m0/s1. The van der Waals surface area contributed by atoms with Crippen LogP contribution in [-0.4, -0.2) is 46.1 Å². The van der Waals surface area contributed by atoms with Gasteiger partial charge in [0, 0.05) is 5.56 Å². The Morgan fingerprint density at radius 1 is 0.824 bits per heavy atom. The Kier molecular flexibility index (Phi) is 15.4. The van der Waals surface area contributed by atoms with Crippen molar-refractivity contribution >= 4 is 5.91 Å². The zero-order valence-electron chi connectivity index (χ0n) is 22.2. The van der Waals surface area contributed by atoms with Crippen molar-refractivity contribution in [2.45, 2.75) is 135 Å². The summed E-state index contributed by atoms with van der Waals surface area (Å²) in [4.78, 5) is 12.6. The monoisotopic (exact) mass is 477 g/mol. The maximum absolute atomic E-state index is 12.6. The summed E-state index contributed by atoms with van der Waals surface area (Å²) in [6.07, 6.45) is 13.2. The van der Waals surface area contributed by atoms with Gasteiger partial charge in [0.15, 0.2) is 0 Å². The van der Waals surface area contributed by atoms with Crippen molar-refractivity contribution in [1.82, 2.24) is 5.32 Å². The normalized spacial score (nSPS) is 14.6. The highest BCUT2D eigenvalue weighted by atomic mass is 16.3. The van der Waals surface area contributed by atoms with Crippen LogP contribution in [0.5, 0.6) is 0 Å². The molecule has 0 saturated carbocycles. The minimum atomic E-state index is -1.20. The van der Waals surface area contributed by atoms with Gasteiger partial charge >= 0.3 is 0 Å². The van der Waals surface area contributed by atoms with Gasteiger partial charge in [-0.3, -0.25) is 4.79 Å². The molecule has 0 saturated heterocycles. The lowest BCUT2D eigenvalue weighted by Crippen LogP contribution is -2.50. The third-order valence-corrected chi connectivity index (χ3v) is 6.69. The van der Waals surface area contributed by atoms with Crippen molar-refractivity contribution < 1.29 is 20.1 Å². The van der Waals surface area contributed by atoms with Gasteiger partial charge in [0.25, 0.3) is 5.91 Å². The fourth-order valence-electron chi connectivity index (χ4n) is 4.25. The number of nitrogens with one attached hydrogen (secondary N) is 1. The molecule has 0 unspecified atom stereocenters. The van der Waals surface area contributed by atoms with Gasteiger partial charge < -0.3 is 20.6 Å². The quantitative estimate of drug-likeness (QED) is 0.199. The first-order valence-corrected chi connectivity index (χ1v) is 13.6. The van der Waals surface area contributed by atoms with Gasteiger partial charge in [-0.25, -0.2) is 0 Å². The number of unbranched alkanes of at least 4 members (excludes halogenated alkanes) is 11. The third-order valence-electron chi connectivity index (χ3n) is 6.69. The van der Waals surface area contributed by atoms with E-state index in [1.807, 2.05) is 12.1 Å². The Morgan fingerprint density at radius 3 is 1.74 bits per heavy atom. The molecule has 0 heterocycles. The number of amides is 1. The number of hydrogen-bond donors (Lipinski definition) is 4. The fraction of sp³-hybridized carbons (Fsp3) is 0.759. The van der Waals surface area contributed by atoms with Crippen LogP contribution in [0.3, 0.4) is 0 Å². The molecule has 1 aromatic carbocycles. The Balaban J connectivity index is 2.26. The molecule has 0 spiro atoms. The van der Waals surface area contributed by atoms with Crippen molar-refractivity contribution in [3.63, 3.8) is 0 Å². The molecule has 196 valence electrons. The van der Waals surface area contributed by atoms with Gasteiger partial charge in [-0.1, -0.05) is 117 Å². The molecule has 3 atom stereocenters. The first-order valence-electron chi connectivity index (χ1n) is 13.6. The zero-order chi connectivity index (χ0) is 25.4. The molecule has 0 aromatic heterocycles. The smallest absolute Gasteiger partial charge is 0.251 e. The number of carbonyl (C=O) groups excluding carboxylic acids is 1. The molecule has 0 aliphatic heterocycles. The Labute approximate surface area is 208 Å². The molecule has 1 amide bonds. The second-order valence-electron chi connectivity index (χ2n) is 10.8. The first-order chi connectivity index (χ1) is 16.2. The molecule has 0 bridgehead atoms. The maximum Gasteiger partial charge on any atom is 0.251 e. The number of aliphatic hydroxyl groups excluding tert-OH is 3. The van der Waals surface area contributed by atoms with Crippen LogP contribution in [0.1, 0.15) is 127 Å². The molecule has 5 nitrogen and oxygen atoms in total. The lowest BCUT2D eigenvalue weighted by Gasteiger charge is -2.26. The van der Waals surface area contributed by atoms with Crippen molar-refractivity contribution in [3.05, 3.63) is 35.4 Å². The minimum absolute atomic E-state index is 0.00315. The van der Waals surface area contributed by atoms with E-state index in [0.717, 1.165) is 24.8 Å². The average molecular weight is 478 g/mol. The number of carbonyl (C=O) groups is 1. The summed E-state index contributed by atoms with van der Waals surface area (Å²) in [6.45, 7) is 8.15. The summed E-state index contributed by atoms with van der Waals surface area (Å²) in [7, 11) is 0. The SMILES string of the molecule is CCCCCCCCCCCCCC[C@@H](O)[C@@H](O)[C@H](CO)NC(=O)c1ccc(C(C)(C)C)cc1. The van der Waals surface area contributed by atoms with Crippen molar-refractivity contribution in [1.29, 1.82) is 0 Å². The Bertz CT molecular complexity index is 653. The van der Waals surface area contributed by atoms with E-state index in [4.69, 9.17) is 0 Å². The van der Waals surface area contributed by atoms with Gasteiger partial charge in [-0.15, -0.1) is 0 Å². The number of aliphatic hydroxyl groups is 3. The molecule has 0 radical (unpaired) electrons. The largest absolute Gasteiger partial charge is 0.394 e. The van der Waals surface area contributed by atoms with E-state index >= 15 is 0 Å². The summed E-state index contributed by atoms with van der Waals surface area (Å²) < 4.78 is 0. The highest BCUT2D eigenvalue weighted by molar-refractivity contribution is 5.94. The van der Waals surface area contributed by atoms with Crippen LogP contribution in [-0.2, 0) is 5.41 Å². The van der Waals surface area contributed by atoms with E-state index in [2.05, 4.69) is 33.0 Å². The molecule has 4 N–H and O–H groups in total. The molecule has 1 rings (SSSR count). The van der Waals surface area contributed by atoms with Crippen LogP contribution in [0, 0.1) is 0 Å². The van der Waals surface area contributed by atoms with E-state index in [1.165, 1.54) is 57.8 Å². The Hall–Kier alpha value is -1.43. The van der Waals surface area contributed by atoms with Crippen molar-refractivity contribution in [2.75, 3.05) is 6.61 Å². The zero-order valence-corrected chi connectivity index (χ0v) is 22.2. The van der Waals surface area contributed by atoms with Crippen LogP contribution >= 0.6 is 0 Å². The van der Waals surface area contributed by atoms with Crippen LogP contribution in [0.4, 0.5) is 0 Å². The predicted octanol–water partition coefficient (Wildman–Crippen LogP) is 5.89. The topological polar surface area (TPSA) is 89.8 Å². The second kappa shape index (κ2) is 17.1. The molecule has 1 aromatic rings. The number of benzene rings is 1. The molecule has 0 aliphatic carbocycles. The lowest BCUT2D eigenvalue weighted by atomic mass is 9.86. The Morgan fingerprint density at radius 2 is 1.29 bits per heavy atom. The highest BCUT2D eigenvalue weighted by Crippen LogP contribution is 2.22. The van der Waals surface area contributed by atoms with Crippen LogP contribution < -0.4 is 5.32 Å². The molecule has 0 aliphatic rings. The first kappa shape index (κ1) is 30.6. The maximum atomic E-state index is 12.6. The molecule has 34 heavy (non-hydrogen) atoms. The van der Waals surface area contributed by atoms with E-state index in [-0.39, 0.29) is 11.3 Å². The summed E-state index contributed by atoms with van der Waals surface area (Å²) >= 11 is 0. The predicted molar refractivity (Wildman–Crippen MR) is 141 cm³/mol. The molecular weight excluding hydrogens is 426 g/mol. The van der Waals surface area contributed by atoms with E-state index in [1.54, 1.807) is 12.1 Å². The molecular formula is C29H51NO4. The molecule has 0 fully saturated rings. The van der Waals surface area contributed by atoms with Crippen LogP contribution in [0.25, 0.3) is 0 Å². The van der Waals surface area contributed by atoms with Gasteiger partial charge in [0.05, 0.1) is 18.8 Å². The summed E-state index contributed by atoms with van der Waals surface area (Å²) in [5, 5.41) is 33.2. The summed E-state index contributed by atoms with van der Waals surface area (Å²) in [5.74, 6) is -0.365. The van der Waals surface area contributed by atoms with E-state index < -0.39 is 24.9 Å². The van der Waals surface area contributed by atoms with Gasteiger partial charge in [0.2, 0.25) is 0 Å². The number of hydrogen-bond acceptors (Lipinski definition) is 4. The second-order valence-corrected chi connectivity index (χ2v) is 10.8. The average Bonchev–Trinajstić information content (AvgIpc) is 2.82. The third kappa shape index (κ3) is 12.3. The fourth-order valence-corrected chi connectivity index (χ4v) is 4.25. The summed E-state index contributed by atoms with van der Waals surface area (Å²) in [5.41, 5.74) is 1.59. The number of rotatable bonds is 18. The van der Waals surface area contributed by atoms with Crippen LogP contribution in [0.15, 0.2) is 24.3 Å². The lowest BCUT2D eigenvalue weighted by molar-refractivity contribution is -0.0197. The minimum Gasteiger partial charge on any atom is -0.394 e. The van der Waals surface area contributed by atoms with Gasteiger partial charge in [0.1, 0.15) is 6.10 Å². The molecule has 5 heteroatoms. The van der Waals surface area contributed by atoms with Crippen molar-refractivity contribution in [3.8, 4) is 0 Å². The van der Waals surface area contributed by atoms with Crippen molar-refractivity contribution in [2.24, 2.45) is 0 Å². The van der Waals surface area contributed by atoms with Crippen LogP contribution in [0.2, 0.25) is 0 Å². The highest BCUT2D eigenvalue weighted by Gasteiger charge is 2.27. The van der Waals surface area contributed by atoms with E-state index in [9.17, 15) is 20.1 Å². The van der Waals surface area contributed by atoms with E-state index in [0.29, 0.717) is 12.0 Å². The van der Waals surface area contributed by atoms with Gasteiger partial charge in [-0.2, -0.15) is 0 Å².